The van der Waals surface area contributed by atoms with Gasteiger partial charge in [0, 0.05) is 23.2 Å². The van der Waals surface area contributed by atoms with Gasteiger partial charge in [-0.25, -0.2) is 4.79 Å². The van der Waals surface area contributed by atoms with Crippen LogP contribution in [0.2, 0.25) is 0 Å². The second-order valence-electron chi connectivity index (χ2n) is 4.05. The molecule has 1 aromatic carbocycles. The summed E-state index contributed by atoms with van der Waals surface area (Å²) in [6.45, 7) is 0. The SMILES string of the molecule is O=c1ccn(-c2cc3ccccc3[nH]c2=O)c(=O)[nH]1. The van der Waals surface area contributed by atoms with E-state index in [2.05, 4.69) is 9.97 Å². The van der Waals surface area contributed by atoms with Gasteiger partial charge >= 0.3 is 5.69 Å². The summed E-state index contributed by atoms with van der Waals surface area (Å²) in [5, 5.41) is 0.801. The number of nitrogens with one attached hydrogen (secondary N) is 2. The zero-order chi connectivity index (χ0) is 13.4. The van der Waals surface area contributed by atoms with Crippen molar-refractivity contribution in [3.63, 3.8) is 0 Å². The van der Waals surface area contributed by atoms with Gasteiger partial charge in [0.25, 0.3) is 11.1 Å². The largest absolute Gasteiger partial charge is 0.333 e. The van der Waals surface area contributed by atoms with Crippen LogP contribution < -0.4 is 16.8 Å². The van der Waals surface area contributed by atoms with Crippen LogP contribution in [0.4, 0.5) is 0 Å². The maximum Gasteiger partial charge on any atom is 0.333 e. The molecule has 0 fully saturated rings. The van der Waals surface area contributed by atoms with Gasteiger partial charge in [0.2, 0.25) is 0 Å². The van der Waals surface area contributed by atoms with E-state index in [9.17, 15) is 14.4 Å². The molecule has 6 heteroatoms. The smallest absolute Gasteiger partial charge is 0.320 e. The molecule has 0 saturated heterocycles. The molecule has 0 aliphatic carbocycles. The van der Waals surface area contributed by atoms with Crippen LogP contribution in [0.25, 0.3) is 16.6 Å². The summed E-state index contributed by atoms with van der Waals surface area (Å²) in [6, 6.07) is 10.0. The van der Waals surface area contributed by atoms with Crippen molar-refractivity contribution < 1.29 is 0 Å². The molecule has 94 valence electrons. The minimum absolute atomic E-state index is 0.167. The average molecular weight is 255 g/mol. The number of hydrogen-bond acceptors (Lipinski definition) is 3. The molecule has 6 nitrogen and oxygen atoms in total. The van der Waals surface area contributed by atoms with Gasteiger partial charge in [-0.15, -0.1) is 0 Å². The van der Waals surface area contributed by atoms with Crippen molar-refractivity contribution in [3.8, 4) is 5.69 Å². The quantitative estimate of drug-likeness (QED) is 0.658. The molecule has 0 saturated carbocycles. The number of aromatic amines is 2. The van der Waals surface area contributed by atoms with Crippen molar-refractivity contribution in [2.75, 3.05) is 0 Å². The lowest BCUT2D eigenvalue weighted by Crippen LogP contribution is -2.30. The van der Waals surface area contributed by atoms with Crippen molar-refractivity contribution in [2.24, 2.45) is 0 Å². The molecule has 0 unspecified atom stereocenters. The Morgan fingerprint density at radius 1 is 0.947 bits per heavy atom. The minimum atomic E-state index is -0.645. The van der Waals surface area contributed by atoms with Crippen LogP contribution in [0, 0.1) is 0 Å². The zero-order valence-electron chi connectivity index (χ0n) is 9.71. The van der Waals surface area contributed by atoms with Gasteiger partial charge in [-0.1, -0.05) is 18.2 Å². The van der Waals surface area contributed by atoms with Crippen LogP contribution in [-0.4, -0.2) is 14.5 Å². The minimum Gasteiger partial charge on any atom is -0.320 e. The van der Waals surface area contributed by atoms with Crippen molar-refractivity contribution in [2.45, 2.75) is 0 Å². The predicted octanol–water partition coefficient (Wildman–Crippen LogP) is 0.367. The zero-order valence-corrected chi connectivity index (χ0v) is 9.71. The third-order valence-electron chi connectivity index (χ3n) is 2.82. The van der Waals surface area contributed by atoms with Crippen LogP contribution in [0.5, 0.6) is 0 Å². The number of rotatable bonds is 1. The Morgan fingerprint density at radius 3 is 2.53 bits per heavy atom. The molecular formula is C13H9N3O3. The lowest BCUT2D eigenvalue weighted by atomic mass is 10.2. The first-order chi connectivity index (χ1) is 9.15. The van der Waals surface area contributed by atoms with Gasteiger partial charge in [-0.05, 0) is 12.1 Å². The van der Waals surface area contributed by atoms with Crippen molar-refractivity contribution in [1.82, 2.24) is 14.5 Å². The second-order valence-corrected chi connectivity index (χ2v) is 4.05. The molecule has 2 N–H and O–H groups in total. The molecule has 2 aromatic heterocycles. The second kappa shape index (κ2) is 4.09. The highest BCUT2D eigenvalue weighted by atomic mass is 16.2. The molecule has 2 heterocycles. The van der Waals surface area contributed by atoms with E-state index in [4.69, 9.17) is 0 Å². The Bertz CT molecular complexity index is 934. The Morgan fingerprint density at radius 2 is 1.74 bits per heavy atom. The molecule has 0 radical (unpaired) electrons. The van der Waals surface area contributed by atoms with Crippen LogP contribution in [-0.2, 0) is 0 Å². The summed E-state index contributed by atoms with van der Waals surface area (Å²) in [7, 11) is 0. The molecule has 3 aromatic rings. The standard InChI is InChI=1S/C13H9N3O3/c17-11-5-6-16(13(19)15-11)10-7-8-3-1-2-4-9(8)14-12(10)18/h1-7H,(H,14,18)(H,15,17,19). The Kier molecular flexibility index (Phi) is 2.42. The van der Waals surface area contributed by atoms with Crippen LogP contribution in [0.1, 0.15) is 0 Å². The number of fused-ring (bicyclic) bond motifs is 1. The molecule has 0 amide bonds. The van der Waals surface area contributed by atoms with Gasteiger partial charge in [0.15, 0.2) is 0 Å². The monoisotopic (exact) mass is 255 g/mol. The molecule has 0 atom stereocenters. The van der Waals surface area contributed by atoms with Gasteiger partial charge in [-0.3, -0.25) is 19.1 Å². The summed E-state index contributed by atoms with van der Waals surface area (Å²) in [4.78, 5) is 39.5. The molecule has 0 spiro atoms. The number of H-pyrrole nitrogens is 2. The summed E-state index contributed by atoms with van der Waals surface area (Å²) >= 11 is 0. The molecule has 0 aliphatic rings. The third-order valence-corrected chi connectivity index (χ3v) is 2.82. The van der Waals surface area contributed by atoms with Gasteiger partial charge < -0.3 is 4.98 Å². The van der Waals surface area contributed by atoms with E-state index in [0.29, 0.717) is 5.52 Å². The average Bonchev–Trinajstić information content (AvgIpc) is 2.38. The highest BCUT2D eigenvalue weighted by molar-refractivity contribution is 5.79. The van der Waals surface area contributed by atoms with Crippen LogP contribution in [0.15, 0.2) is 57.0 Å². The number of aromatic nitrogens is 3. The number of pyridine rings is 1. The highest BCUT2D eigenvalue weighted by Gasteiger charge is 2.06. The van der Waals surface area contributed by atoms with Gasteiger partial charge in [0.1, 0.15) is 5.69 Å². The highest BCUT2D eigenvalue weighted by Crippen LogP contribution is 2.11. The van der Waals surface area contributed by atoms with Crippen molar-refractivity contribution in [1.29, 1.82) is 0 Å². The van der Waals surface area contributed by atoms with E-state index in [-0.39, 0.29) is 5.69 Å². The molecule has 19 heavy (non-hydrogen) atoms. The number of benzene rings is 1. The Hall–Kier alpha value is -2.89. The lowest BCUT2D eigenvalue weighted by Gasteiger charge is -2.05. The first kappa shape index (κ1) is 11.2. The first-order valence-electron chi connectivity index (χ1n) is 5.59. The summed E-state index contributed by atoms with van der Waals surface area (Å²) in [6.07, 6.45) is 1.28. The maximum absolute atomic E-state index is 12.0. The van der Waals surface area contributed by atoms with Crippen LogP contribution in [0.3, 0.4) is 0 Å². The van der Waals surface area contributed by atoms with E-state index in [0.717, 1.165) is 9.95 Å². The lowest BCUT2D eigenvalue weighted by molar-refractivity contribution is 0.884. The summed E-state index contributed by atoms with van der Waals surface area (Å²) < 4.78 is 1.10. The molecule has 0 bridgehead atoms. The number of para-hydroxylation sites is 1. The fourth-order valence-corrected chi connectivity index (χ4v) is 1.92. The summed E-state index contributed by atoms with van der Waals surface area (Å²) in [5.74, 6) is 0. The van der Waals surface area contributed by atoms with E-state index >= 15 is 0 Å². The van der Waals surface area contributed by atoms with Crippen LogP contribution >= 0.6 is 0 Å². The Labute approximate surface area is 106 Å². The first-order valence-corrected chi connectivity index (χ1v) is 5.59. The normalized spacial score (nSPS) is 10.7. The van der Waals surface area contributed by atoms with E-state index in [1.54, 1.807) is 12.1 Å². The fourth-order valence-electron chi connectivity index (χ4n) is 1.92. The van der Waals surface area contributed by atoms with Gasteiger partial charge in [0.05, 0.1) is 0 Å². The number of hydrogen-bond donors (Lipinski definition) is 2. The maximum atomic E-state index is 12.0. The van der Waals surface area contributed by atoms with E-state index in [1.807, 2.05) is 18.2 Å². The van der Waals surface area contributed by atoms with Crippen molar-refractivity contribution in [3.05, 3.63) is 73.8 Å². The summed E-state index contributed by atoms with van der Waals surface area (Å²) in [5.41, 5.74) is -0.687. The van der Waals surface area contributed by atoms with E-state index in [1.165, 1.54) is 12.3 Å². The molecule has 0 aliphatic heterocycles. The van der Waals surface area contributed by atoms with Gasteiger partial charge in [-0.2, -0.15) is 0 Å². The molecule has 3 rings (SSSR count). The number of nitrogens with zero attached hydrogens (tertiary/aromatic N) is 1. The van der Waals surface area contributed by atoms with Crippen molar-refractivity contribution >= 4 is 10.9 Å². The topological polar surface area (TPSA) is 87.7 Å². The third kappa shape index (κ3) is 1.89. The molecular weight excluding hydrogens is 246 g/mol. The Balaban J connectivity index is 2.36. The predicted molar refractivity (Wildman–Crippen MR) is 70.8 cm³/mol. The fraction of sp³-hybridized carbons (Fsp3) is 0. The van der Waals surface area contributed by atoms with E-state index < -0.39 is 16.8 Å².